The van der Waals surface area contributed by atoms with Gasteiger partial charge in [-0.3, -0.25) is 4.79 Å². The molecule has 0 atom stereocenters. The van der Waals surface area contributed by atoms with Crippen LogP contribution in [0.5, 0.6) is 5.75 Å². The zero-order valence-electron chi connectivity index (χ0n) is 14.4. The number of hydrogen-bond donors (Lipinski definition) is 2. The summed E-state index contributed by atoms with van der Waals surface area (Å²) >= 11 is 9.12. The van der Waals surface area contributed by atoms with Crippen molar-refractivity contribution in [3.05, 3.63) is 65.5 Å². The van der Waals surface area contributed by atoms with E-state index >= 15 is 0 Å². The lowest BCUT2D eigenvalue weighted by Gasteiger charge is -2.14. The molecular weight excluding hydrogens is 451 g/mol. The molecule has 1 aromatic heterocycles. The molecule has 1 radical (unpaired) electrons. The molecule has 3 aromatic rings. The number of fused-ring (bicyclic) bond motifs is 1. The van der Waals surface area contributed by atoms with Crippen LogP contribution in [0.2, 0.25) is 5.02 Å². The quantitative estimate of drug-likeness (QED) is 0.384. The summed E-state index contributed by atoms with van der Waals surface area (Å²) in [5.74, 6) is -0.317. The summed E-state index contributed by atoms with van der Waals surface area (Å²) < 4.78 is 20.4. The lowest BCUT2D eigenvalue weighted by atomic mass is 10.1. The van der Waals surface area contributed by atoms with Crippen molar-refractivity contribution in [2.75, 3.05) is 17.2 Å². The summed E-state index contributed by atoms with van der Waals surface area (Å²) in [5, 5.41) is 6.06. The minimum Gasteiger partial charge on any atom is -0.491 e. The molecule has 6 nitrogen and oxygen atoms in total. The van der Waals surface area contributed by atoms with Crippen LogP contribution in [0.25, 0.3) is 10.9 Å². The van der Waals surface area contributed by atoms with E-state index in [0.29, 0.717) is 32.6 Å². The maximum absolute atomic E-state index is 14.4. The van der Waals surface area contributed by atoms with E-state index in [1.807, 2.05) is 0 Å². The van der Waals surface area contributed by atoms with Gasteiger partial charge in [-0.15, -0.1) is 0 Å². The molecule has 0 aliphatic carbocycles. The van der Waals surface area contributed by atoms with Gasteiger partial charge in [0.2, 0.25) is 5.91 Å². The standard InChI is InChI=1S/C19H14BrClFN4O2/c1-3-16(27)25-14-7-10-13(8-15(14)28-4-2)23-9-24-19(10)26-12-6-5-11(20)17(21)18(12)22/h3,5-9H,1-2,4H2,(H,25,27)(H,23,24,26). The van der Waals surface area contributed by atoms with Crippen LogP contribution < -0.4 is 15.4 Å². The Kier molecular flexibility index (Phi) is 6.11. The van der Waals surface area contributed by atoms with Gasteiger partial charge < -0.3 is 15.4 Å². The van der Waals surface area contributed by atoms with Gasteiger partial charge >= 0.3 is 0 Å². The fourth-order valence-corrected chi connectivity index (χ4v) is 2.92. The monoisotopic (exact) mass is 463 g/mol. The fourth-order valence-electron chi connectivity index (χ4n) is 2.44. The zero-order chi connectivity index (χ0) is 20.3. The van der Waals surface area contributed by atoms with Gasteiger partial charge in [0.05, 0.1) is 28.5 Å². The number of ether oxygens (including phenoxy) is 1. The number of amides is 1. The number of aromatic nitrogens is 2. The average molecular weight is 465 g/mol. The Labute approximate surface area is 173 Å². The fraction of sp³-hybridized carbons (Fsp3) is 0.0526. The molecule has 28 heavy (non-hydrogen) atoms. The molecule has 143 valence electrons. The van der Waals surface area contributed by atoms with E-state index in [9.17, 15) is 9.18 Å². The highest BCUT2D eigenvalue weighted by molar-refractivity contribution is 9.10. The van der Waals surface area contributed by atoms with Crippen LogP contribution >= 0.6 is 27.5 Å². The van der Waals surface area contributed by atoms with Crippen molar-refractivity contribution in [3.63, 3.8) is 0 Å². The average Bonchev–Trinajstić information content (AvgIpc) is 2.69. The van der Waals surface area contributed by atoms with E-state index in [4.69, 9.17) is 16.3 Å². The summed E-state index contributed by atoms with van der Waals surface area (Å²) in [5.41, 5.74) is 1.05. The van der Waals surface area contributed by atoms with Crippen molar-refractivity contribution in [2.24, 2.45) is 0 Å². The summed E-state index contributed by atoms with van der Waals surface area (Å²) in [6, 6.07) is 6.41. The molecule has 0 spiro atoms. The highest BCUT2D eigenvalue weighted by Gasteiger charge is 2.15. The lowest BCUT2D eigenvalue weighted by molar-refractivity contribution is -0.111. The summed E-state index contributed by atoms with van der Waals surface area (Å²) in [7, 11) is 0. The number of hydrogen-bond acceptors (Lipinski definition) is 5. The summed E-state index contributed by atoms with van der Waals surface area (Å²) in [6.45, 7) is 7.23. The number of benzene rings is 2. The Hall–Kier alpha value is -2.71. The molecule has 0 unspecified atom stereocenters. The van der Waals surface area contributed by atoms with E-state index in [1.165, 1.54) is 12.4 Å². The number of nitrogens with zero attached hydrogens (tertiary/aromatic N) is 2. The van der Waals surface area contributed by atoms with Crippen molar-refractivity contribution in [3.8, 4) is 5.75 Å². The molecule has 3 rings (SSSR count). The van der Waals surface area contributed by atoms with Crippen molar-refractivity contribution in [1.29, 1.82) is 0 Å². The van der Waals surface area contributed by atoms with E-state index in [1.54, 1.807) is 18.2 Å². The molecule has 2 N–H and O–H groups in total. The molecule has 0 saturated carbocycles. The number of nitrogens with one attached hydrogen (secondary N) is 2. The van der Waals surface area contributed by atoms with Gasteiger partial charge in [0.15, 0.2) is 5.82 Å². The first-order valence-corrected chi connectivity index (χ1v) is 9.16. The third kappa shape index (κ3) is 4.07. The lowest BCUT2D eigenvalue weighted by Crippen LogP contribution is -2.09. The summed E-state index contributed by atoms with van der Waals surface area (Å²) in [4.78, 5) is 20.1. The predicted octanol–water partition coefficient (Wildman–Crippen LogP) is 5.27. The van der Waals surface area contributed by atoms with Gasteiger partial charge in [-0.2, -0.15) is 0 Å². The van der Waals surface area contributed by atoms with Crippen LogP contribution in [0.1, 0.15) is 0 Å². The molecule has 0 aliphatic rings. The third-order valence-electron chi connectivity index (χ3n) is 3.73. The van der Waals surface area contributed by atoms with Crippen molar-refractivity contribution < 1.29 is 13.9 Å². The molecule has 0 bridgehead atoms. The van der Waals surface area contributed by atoms with Crippen LogP contribution in [-0.2, 0) is 4.79 Å². The first-order chi connectivity index (χ1) is 13.4. The Morgan fingerprint density at radius 2 is 2.11 bits per heavy atom. The second-order valence-corrected chi connectivity index (χ2v) is 6.71. The first kappa shape index (κ1) is 20.0. The van der Waals surface area contributed by atoms with E-state index in [0.717, 1.165) is 6.08 Å². The van der Waals surface area contributed by atoms with E-state index in [-0.39, 0.29) is 17.3 Å². The van der Waals surface area contributed by atoms with Gasteiger partial charge in [0.25, 0.3) is 0 Å². The highest BCUT2D eigenvalue weighted by Crippen LogP contribution is 2.35. The largest absolute Gasteiger partial charge is 0.491 e. The maximum atomic E-state index is 14.4. The number of halogens is 3. The second kappa shape index (κ2) is 8.53. The normalized spacial score (nSPS) is 10.6. The Balaban J connectivity index is 2.10. The maximum Gasteiger partial charge on any atom is 0.247 e. The third-order valence-corrected chi connectivity index (χ3v) is 4.98. The van der Waals surface area contributed by atoms with Crippen LogP contribution in [0.15, 0.2) is 47.7 Å². The smallest absolute Gasteiger partial charge is 0.247 e. The Morgan fingerprint density at radius 3 is 2.82 bits per heavy atom. The summed E-state index contributed by atoms with van der Waals surface area (Å²) in [6.07, 6.45) is 2.47. The molecule has 0 aliphatic heterocycles. The van der Waals surface area contributed by atoms with Gasteiger partial charge in [0, 0.05) is 15.9 Å². The number of carbonyl (C=O) groups excluding carboxylic acids is 1. The zero-order valence-corrected chi connectivity index (χ0v) is 16.8. The van der Waals surface area contributed by atoms with Gasteiger partial charge in [-0.1, -0.05) is 18.2 Å². The van der Waals surface area contributed by atoms with E-state index in [2.05, 4.69) is 50.0 Å². The van der Waals surface area contributed by atoms with Crippen molar-refractivity contribution >= 4 is 61.5 Å². The minimum absolute atomic E-state index is 0.0478. The Morgan fingerprint density at radius 1 is 1.32 bits per heavy atom. The SMILES string of the molecule is [CH2]COc1cc2ncnc(Nc3ccc(Br)c(Cl)c3F)c2cc1NC(=O)C=C. The molecule has 9 heteroatoms. The van der Waals surface area contributed by atoms with Crippen LogP contribution in [0.4, 0.5) is 21.6 Å². The van der Waals surface area contributed by atoms with E-state index < -0.39 is 11.7 Å². The Bertz CT molecular complexity index is 1080. The molecule has 1 amide bonds. The topological polar surface area (TPSA) is 76.1 Å². The molecule has 0 saturated heterocycles. The van der Waals surface area contributed by atoms with Crippen LogP contribution in [0.3, 0.4) is 0 Å². The number of anilines is 3. The molecule has 2 aromatic carbocycles. The number of rotatable bonds is 6. The molecule has 1 heterocycles. The van der Waals surface area contributed by atoms with Gasteiger partial charge in [-0.25, -0.2) is 14.4 Å². The highest BCUT2D eigenvalue weighted by atomic mass is 79.9. The first-order valence-electron chi connectivity index (χ1n) is 7.99. The van der Waals surface area contributed by atoms with Crippen LogP contribution in [-0.4, -0.2) is 22.5 Å². The minimum atomic E-state index is -0.625. The second-order valence-electron chi connectivity index (χ2n) is 5.48. The predicted molar refractivity (Wildman–Crippen MR) is 112 cm³/mol. The van der Waals surface area contributed by atoms with Crippen molar-refractivity contribution in [2.45, 2.75) is 0 Å². The number of carbonyl (C=O) groups is 1. The van der Waals surface area contributed by atoms with Gasteiger partial charge in [0.1, 0.15) is 17.9 Å². The molecule has 0 fully saturated rings. The molecular formula is C19H14BrClFN4O2. The van der Waals surface area contributed by atoms with Crippen LogP contribution in [0, 0.1) is 12.7 Å². The van der Waals surface area contributed by atoms with Crippen molar-refractivity contribution in [1.82, 2.24) is 9.97 Å². The van der Waals surface area contributed by atoms with Gasteiger partial charge in [-0.05, 0) is 47.1 Å².